The summed E-state index contributed by atoms with van der Waals surface area (Å²) in [6.07, 6.45) is 0. The van der Waals surface area contributed by atoms with Crippen molar-refractivity contribution in [1.82, 2.24) is 0 Å². The van der Waals surface area contributed by atoms with Gasteiger partial charge in [0, 0.05) is 3.57 Å². The lowest BCUT2D eigenvalue weighted by Crippen LogP contribution is -2.19. The average molecular weight is 420 g/mol. The maximum Gasteiger partial charge on any atom is 0.256 e. The third-order valence-corrected chi connectivity index (χ3v) is 4.48. The molecule has 21 heavy (non-hydrogen) atoms. The Morgan fingerprint density at radius 1 is 1.19 bits per heavy atom. The lowest BCUT2D eigenvalue weighted by Gasteiger charge is -2.10. The number of amides is 1. The Labute approximate surface area is 134 Å². The van der Waals surface area contributed by atoms with Gasteiger partial charge in [0.15, 0.2) is 0 Å². The molecule has 0 aliphatic heterocycles. The highest BCUT2D eigenvalue weighted by molar-refractivity contribution is 14.1. The highest BCUT2D eigenvalue weighted by atomic mass is 127. The number of rotatable bonds is 3. The molecule has 0 radical (unpaired) electrons. The molecule has 5 nitrogen and oxygen atoms in total. The molecule has 0 aromatic heterocycles. The van der Waals surface area contributed by atoms with E-state index in [-0.39, 0.29) is 16.1 Å². The normalized spacial score (nSPS) is 11.2. The predicted octanol–water partition coefficient (Wildman–Crippen LogP) is 2.33. The molecule has 110 valence electrons. The molecule has 0 aliphatic rings. The van der Waals surface area contributed by atoms with Gasteiger partial charge in [0.1, 0.15) is 10.7 Å². The molecule has 8 heteroatoms. The largest absolute Gasteiger partial charge is 0.321 e. The zero-order chi connectivity index (χ0) is 15.6. The van der Waals surface area contributed by atoms with Gasteiger partial charge in [0.2, 0.25) is 10.0 Å². The fraction of sp³-hybridized carbons (Fsp3) is 0. The summed E-state index contributed by atoms with van der Waals surface area (Å²) in [5.74, 6) is -1.00. The second kappa shape index (κ2) is 6.08. The third-order valence-electron chi connectivity index (χ3n) is 2.62. The zero-order valence-electron chi connectivity index (χ0n) is 10.5. The van der Waals surface area contributed by atoms with Crippen LogP contribution in [0.15, 0.2) is 47.4 Å². The van der Waals surface area contributed by atoms with E-state index < -0.39 is 21.7 Å². The highest BCUT2D eigenvalue weighted by Gasteiger charge is 2.17. The molecule has 2 rings (SSSR count). The van der Waals surface area contributed by atoms with E-state index in [1.807, 2.05) is 22.6 Å². The van der Waals surface area contributed by atoms with Crippen LogP contribution in [0, 0.1) is 9.39 Å². The number of halogens is 2. The number of para-hydroxylation sites is 1. The minimum Gasteiger partial charge on any atom is -0.321 e. The summed E-state index contributed by atoms with van der Waals surface area (Å²) in [6, 6.07) is 9.47. The van der Waals surface area contributed by atoms with E-state index in [2.05, 4.69) is 5.32 Å². The van der Waals surface area contributed by atoms with Crippen LogP contribution >= 0.6 is 22.6 Å². The summed E-state index contributed by atoms with van der Waals surface area (Å²) in [6.45, 7) is 0. The maximum absolute atomic E-state index is 13.0. The van der Waals surface area contributed by atoms with Crippen molar-refractivity contribution in [3.05, 3.63) is 57.4 Å². The summed E-state index contributed by atoms with van der Waals surface area (Å²) in [5.41, 5.74) is 0.311. The standard InChI is InChI=1S/C13H10FIN2O3S/c14-8-5-6-9(10(15)7-8)13(18)17-11-3-1-2-4-12(11)21(16,19)20/h1-7H,(H,17,18)(H2,16,19,20). The van der Waals surface area contributed by atoms with E-state index in [9.17, 15) is 17.6 Å². The van der Waals surface area contributed by atoms with Crippen molar-refractivity contribution in [3.63, 3.8) is 0 Å². The van der Waals surface area contributed by atoms with Gasteiger partial charge in [-0.15, -0.1) is 0 Å². The minimum atomic E-state index is -3.95. The number of anilines is 1. The first-order chi connectivity index (χ1) is 9.79. The number of nitrogens with one attached hydrogen (secondary N) is 1. The van der Waals surface area contributed by atoms with Crippen LogP contribution in [0.1, 0.15) is 10.4 Å². The Morgan fingerprint density at radius 2 is 1.86 bits per heavy atom. The van der Waals surface area contributed by atoms with Gasteiger partial charge in [-0.25, -0.2) is 17.9 Å². The van der Waals surface area contributed by atoms with Crippen LogP contribution in [-0.2, 0) is 10.0 Å². The quantitative estimate of drug-likeness (QED) is 0.748. The van der Waals surface area contributed by atoms with Gasteiger partial charge in [-0.05, 0) is 52.9 Å². The second-order valence-electron chi connectivity index (χ2n) is 4.12. The molecule has 0 fully saturated rings. The van der Waals surface area contributed by atoms with Gasteiger partial charge >= 0.3 is 0 Å². The first-order valence-electron chi connectivity index (χ1n) is 5.67. The molecule has 0 aliphatic carbocycles. The second-order valence-corrected chi connectivity index (χ2v) is 6.81. The Balaban J connectivity index is 2.37. The van der Waals surface area contributed by atoms with Gasteiger partial charge in [-0.2, -0.15) is 0 Å². The first kappa shape index (κ1) is 15.9. The molecule has 2 aromatic carbocycles. The summed E-state index contributed by atoms with van der Waals surface area (Å²) in [4.78, 5) is 12.0. The smallest absolute Gasteiger partial charge is 0.256 e. The summed E-state index contributed by atoms with van der Waals surface area (Å²) >= 11 is 1.83. The Morgan fingerprint density at radius 3 is 2.48 bits per heavy atom. The van der Waals surface area contributed by atoms with Gasteiger partial charge < -0.3 is 5.32 Å². The van der Waals surface area contributed by atoms with E-state index >= 15 is 0 Å². The van der Waals surface area contributed by atoms with E-state index in [0.717, 1.165) is 6.07 Å². The third kappa shape index (κ3) is 3.77. The SMILES string of the molecule is NS(=O)(=O)c1ccccc1NC(=O)c1ccc(F)cc1I. The van der Waals surface area contributed by atoms with Crippen molar-refractivity contribution in [2.24, 2.45) is 5.14 Å². The van der Waals surface area contributed by atoms with Crippen LogP contribution in [0.2, 0.25) is 0 Å². The van der Waals surface area contributed by atoms with Crippen molar-refractivity contribution in [2.45, 2.75) is 4.90 Å². The molecule has 1 amide bonds. The molecule has 3 N–H and O–H groups in total. The molecule has 0 atom stereocenters. The predicted molar refractivity (Wildman–Crippen MR) is 84.9 cm³/mol. The number of hydrogen-bond acceptors (Lipinski definition) is 3. The summed E-state index contributed by atoms with van der Waals surface area (Å²) in [7, 11) is -3.95. The van der Waals surface area contributed by atoms with Crippen LogP contribution < -0.4 is 10.5 Å². The van der Waals surface area contributed by atoms with Crippen LogP contribution in [0.25, 0.3) is 0 Å². The Kier molecular flexibility index (Phi) is 4.59. The average Bonchev–Trinajstić information content (AvgIpc) is 2.37. The number of hydrogen-bond donors (Lipinski definition) is 2. The van der Waals surface area contributed by atoms with Gasteiger partial charge in [0.25, 0.3) is 5.91 Å². The molecule has 0 heterocycles. The number of nitrogens with two attached hydrogens (primary N) is 1. The number of sulfonamides is 1. The van der Waals surface area contributed by atoms with Crippen molar-refractivity contribution in [2.75, 3.05) is 5.32 Å². The molecule has 0 saturated heterocycles. The highest BCUT2D eigenvalue weighted by Crippen LogP contribution is 2.21. The summed E-state index contributed by atoms with van der Waals surface area (Å²) in [5, 5.41) is 7.56. The molecule has 2 aromatic rings. The monoisotopic (exact) mass is 420 g/mol. The van der Waals surface area contributed by atoms with Crippen LogP contribution in [0.5, 0.6) is 0 Å². The van der Waals surface area contributed by atoms with Crippen molar-refractivity contribution in [3.8, 4) is 0 Å². The van der Waals surface area contributed by atoms with Crippen LogP contribution in [0.4, 0.5) is 10.1 Å². The Bertz CT molecular complexity index is 809. The molecule has 0 unspecified atom stereocenters. The maximum atomic E-state index is 13.0. The fourth-order valence-corrected chi connectivity index (χ4v) is 3.10. The lowest BCUT2D eigenvalue weighted by molar-refractivity contribution is 0.102. The molecular formula is C13H10FIN2O3S. The molecular weight excluding hydrogens is 410 g/mol. The number of carbonyl (C=O) groups is 1. The van der Waals surface area contributed by atoms with Crippen LogP contribution in [0.3, 0.4) is 0 Å². The van der Waals surface area contributed by atoms with Crippen molar-refractivity contribution >= 4 is 44.2 Å². The van der Waals surface area contributed by atoms with E-state index in [0.29, 0.717) is 3.57 Å². The Hall–Kier alpha value is -1.52. The van der Waals surface area contributed by atoms with E-state index in [1.54, 1.807) is 6.07 Å². The topological polar surface area (TPSA) is 89.3 Å². The number of benzene rings is 2. The van der Waals surface area contributed by atoms with Crippen molar-refractivity contribution < 1.29 is 17.6 Å². The molecule has 0 spiro atoms. The minimum absolute atomic E-state index is 0.0742. The van der Waals surface area contributed by atoms with E-state index in [1.165, 1.54) is 30.3 Å². The lowest BCUT2D eigenvalue weighted by atomic mass is 10.2. The zero-order valence-corrected chi connectivity index (χ0v) is 13.5. The fourth-order valence-electron chi connectivity index (χ4n) is 1.68. The van der Waals surface area contributed by atoms with Crippen molar-refractivity contribution in [1.29, 1.82) is 0 Å². The van der Waals surface area contributed by atoms with Crippen LogP contribution in [-0.4, -0.2) is 14.3 Å². The van der Waals surface area contributed by atoms with Gasteiger partial charge in [-0.3, -0.25) is 4.79 Å². The molecule has 0 bridgehead atoms. The van der Waals surface area contributed by atoms with E-state index in [4.69, 9.17) is 5.14 Å². The van der Waals surface area contributed by atoms with Gasteiger partial charge in [-0.1, -0.05) is 12.1 Å². The summed E-state index contributed by atoms with van der Waals surface area (Å²) < 4.78 is 36.4. The van der Waals surface area contributed by atoms with Gasteiger partial charge in [0.05, 0.1) is 11.3 Å². The number of primary sulfonamides is 1. The number of carbonyl (C=O) groups excluding carboxylic acids is 1. The molecule has 0 saturated carbocycles. The first-order valence-corrected chi connectivity index (χ1v) is 8.30.